The van der Waals surface area contributed by atoms with E-state index in [-0.39, 0.29) is 10.7 Å². The van der Waals surface area contributed by atoms with Gasteiger partial charge in [0.1, 0.15) is 0 Å². The molecule has 1 rings (SSSR count). The normalized spacial score (nSPS) is 11.9. The van der Waals surface area contributed by atoms with Crippen molar-refractivity contribution in [2.45, 2.75) is 11.1 Å². The van der Waals surface area contributed by atoms with Gasteiger partial charge < -0.3 is 0 Å². The molecular weight excluding hydrogens is 255 g/mol. The maximum atomic E-state index is 11.1. The topological polar surface area (TPSA) is 35.5 Å². The summed E-state index contributed by atoms with van der Waals surface area (Å²) in [4.78, 5) is 11.1. The number of carbonyl (C=O) groups is 1. The number of carbonyl (C=O) groups excluding carboxylic acids is 1. The molecule has 1 unspecified atom stereocenters. The van der Waals surface area contributed by atoms with Crippen molar-refractivity contribution in [2.24, 2.45) is 0 Å². The van der Waals surface area contributed by atoms with Gasteiger partial charge in [0.25, 0.3) is 0 Å². The fraction of sp³-hybridized carbons (Fsp3) is 0.364. The van der Waals surface area contributed by atoms with E-state index in [0.29, 0.717) is 6.42 Å². The Morgan fingerprint density at radius 3 is 2.40 bits per heavy atom. The van der Waals surface area contributed by atoms with E-state index in [1.165, 1.54) is 24.0 Å². The molecule has 0 aliphatic carbocycles. The van der Waals surface area contributed by atoms with Gasteiger partial charge in [0.2, 0.25) is 0 Å². The van der Waals surface area contributed by atoms with Crippen LogP contribution in [0, 0.1) is 0 Å². The molecule has 0 bridgehead atoms. The molecular formula is C11H15AsO3. The molecule has 82 valence electrons. The Morgan fingerprint density at radius 2 is 1.93 bits per heavy atom. The number of ether oxygens (including phenoxy) is 2. The van der Waals surface area contributed by atoms with Gasteiger partial charge in [-0.25, -0.2) is 0 Å². The zero-order chi connectivity index (χ0) is 11.3. The summed E-state index contributed by atoms with van der Waals surface area (Å²) in [6.45, 7) is 0. The van der Waals surface area contributed by atoms with Crippen molar-refractivity contribution in [3.63, 3.8) is 0 Å². The third kappa shape index (κ3) is 3.60. The van der Waals surface area contributed by atoms with E-state index in [1.807, 2.05) is 24.3 Å². The summed E-state index contributed by atoms with van der Waals surface area (Å²) >= 11 is 1.52. The monoisotopic (exact) mass is 270 g/mol. The average molecular weight is 270 g/mol. The van der Waals surface area contributed by atoms with Gasteiger partial charge in [0, 0.05) is 0 Å². The van der Waals surface area contributed by atoms with Crippen molar-refractivity contribution in [3.8, 4) is 5.75 Å². The van der Waals surface area contributed by atoms with Gasteiger partial charge in [-0.05, 0) is 0 Å². The van der Waals surface area contributed by atoms with Crippen LogP contribution in [0.1, 0.15) is 16.7 Å². The van der Waals surface area contributed by atoms with Crippen LogP contribution in [0.5, 0.6) is 5.75 Å². The van der Waals surface area contributed by atoms with Crippen molar-refractivity contribution in [1.82, 2.24) is 0 Å². The van der Waals surface area contributed by atoms with E-state index in [2.05, 4.69) is 4.74 Å². The first-order valence-electron chi connectivity index (χ1n) is 4.63. The summed E-state index contributed by atoms with van der Waals surface area (Å²) < 4.78 is 9.93. The maximum absolute atomic E-state index is 11.1. The van der Waals surface area contributed by atoms with Gasteiger partial charge in [-0.15, -0.1) is 0 Å². The number of esters is 1. The quantitative estimate of drug-likeness (QED) is 0.603. The summed E-state index contributed by atoms with van der Waals surface area (Å²) in [7, 11) is 3.05. The van der Waals surface area contributed by atoms with E-state index < -0.39 is 0 Å². The van der Waals surface area contributed by atoms with E-state index in [1.54, 1.807) is 7.11 Å². The van der Waals surface area contributed by atoms with Crippen LogP contribution in [-0.4, -0.2) is 37.0 Å². The van der Waals surface area contributed by atoms with Gasteiger partial charge in [0.05, 0.1) is 0 Å². The molecule has 0 saturated carbocycles. The summed E-state index contributed by atoms with van der Waals surface area (Å²) in [5.74, 6) is 0.664. The van der Waals surface area contributed by atoms with Crippen LogP contribution < -0.4 is 4.74 Å². The van der Waals surface area contributed by atoms with Gasteiger partial charge in [0.15, 0.2) is 0 Å². The number of rotatable bonds is 4. The van der Waals surface area contributed by atoms with Gasteiger partial charge in [-0.2, -0.15) is 0 Å². The van der Waals surface area contributed by atoms with Crippen molar-refractivity contribution in [2.75, 3.05) is 14.2 Å². The van der Waals surface area contributed by atoms with E-state index in [0.717, 1.165) is 11.3 Å². The van der Waals surface area contributed by atoms with Crippen LogP contribution in [-0.2, 0) is 9.53 Å². The Labute approximate surface area is 98.3 Å². The molecule has 0 aliphatic rings. The van der Waals surface area contributed by atoms with Crippen LogP contribution in [0.4, 0.5) is 0 Å². The van der Waals surface area contributed by atoms with Crippen LogP contribution in [0.2, 0.25) is 0 Å². The van der Waals surface area contributed by atoms with Crippen molar-refractivity contribution < 1.29 is 14.3 Å². The molecule has 0 aliphatic heterocycles. The molecule has 0 saturated heterocycles. The van der Waals surface area contributed by atoms with Gasteiger partial charge >= 0.3 is 98.0 Å². The standard InChI is InChI=1S/C11H15AsO3/c1-14-9-5-3-8(4-6-9)10(12)7-11(13)15-2/h3-6,10H,7,12H2,1-2H3/t10-/m1/s1. The Kier molecular flexibility index (Phi) is 4.70. The van der Waals surface area contributed by atoms with Crippen molar-refractivity contribution in [1.29, 1.82) is 0 Å². The third-order valence-electron chi connectivity index (χ3n) is 2.16. The number of benzene rings is 1. The Bertz CT molecular complexity index is 321. The second-order valence-corrected chi connectivity index (χ2v) is 4.85. The summed E-state index contributed by atoms with van der Waals surface area (Å²) in [5.41, 5.74) is 1.14. The molecule has 1 aromatic carbocycles. The van der Waals surface area contributed by atoms with Crippen molar-refractivity contribution >= 4 is 22.8 Å². The Hall–Kier alpha value is -0.952. The van der Waals surface area contributed by atoms with Crippen LogP contribution in [0.25, 0.3) is 0 Å². The minimum atomic E-state index is -0.166. The van der Waals surface area contributed by atoms with Crippen LogP contribution in [0.3, 0.4) is 0 Å². The van der Waals surface area contributed by atoms with Crippen molar-refractivity contribution in [3.05, 3.63) is 29.8 Å². The zero-order valence-corrected chi connectivity index (χ0v) is 11.3. The first-order valence-corrected chi connectivity index (χ1v) is 6.03. The molecule has 0 amide bonds. The number of hydrogen-bond donors (Lipinski definition) is 0. The second-order valence-electron chi connectivity index (χ2n) is 3.16. The number of methoxy groups -OCH3 is 2. The molecule has 0 radical (unpaired) electrons. The number of hydrogen-bond acceptors (Lipinski definition) is 3. The molecule has 3 nitrogen and oxygen atoms in total. The second kappa shape index (κ2) is 5.81. The van der Waals surface area contributed by atoms with Gasteiger partial charge in [-0.3, -0.25) is 0 Å². The molecule has 2 atom stereocenters. The molecule has 0 N–H and O–H groups in total. The van der Waals surface area contributed by atoms with E-state index in [4.69, 9.17) is 4.74 Å². The SMILES string of the molecule is COC(=O)C[C@@H]([AsH2])c1ccc(OC)cc1. The first-order chi connectivity index (χ1) is 7.17. The summed E-state index contributed by atoms with van der Waals surface area (Å²) in [6.07, 6.45) is 0.433. The molecule has 1 aromatic rings. The van der Waals surface area contributed by atoms with Crippen LogP contribution in [0.15, 0.2) is 24.3 Å². The molecule has 0 spiro atoms. The Morgan fingerprint density at radius 1 is 1.33 bits per heavy atom. The molecule has 15 heavy (non-hydrogen) atoms. The summed E-state index contributed by atoms with van der Waals surface area (Å²) in [6, 6.07) is 7.76. The molecule has 0 heterocycles. The predicted molar refractivity (Wildman–Crippen MR) is 60.9 cm³/mol. The molecule has 4 heteroatoms. The minimum absolute atomic E-state index is 0.166. The van der Waals surface area contributed by atoms with Gasteiger partial charge in [-0.1, -0.05) is 0 Å². The van der Waals surface area contributed by atoms with E-state index >= 15 is 0 Å². The fourth-order valence-corrected chi connectivity index (χ4v) is 2.10. The third-order valence-corrected chi connectivity index (χ3v) is 3.46. The zero-order valence-electron chi connectivity index (χ0n) is 8.90. The van der Waals surface area contributed by atoms with Crippen LogP contribution >= 0.6 is 0 Å². The average Bonchev–Trinajstić information content (AvgIpc) is 2.29. The molecule has 0 fully saturated rings. The predicted octanol–water partition coefficient (Wildman–Crippen LogP) is 0.932. The molecule has 0 aromatic heterocycles. The Balaban J connectivity index is 2.65. The first kappa shape index (κ1) is 12.1. The summed E-state index contributed by atoms with van der Waals surface area (Å²) in [5, 5.41) is 0. The van der Waals surface area contributed by atoms with E-state index in [9.17, 15) is 4.79 Å². The fourth-order valence-electron chi connectivity index (χ4n) is 1.23.